The Balaban J connectivity index is 1.85. The molecule has 1 aliphatic carbocycles. The number of hydrogen-bond acceptors (Lipinski definition) is 2. The second-order valence-corrected chi connectivity index (χ2v) is 5.93. The van der Waals surface area contributed by atoms with Crippen LogP contribution in [-0.2, 0) is 0 Å². The number of amides is 1. The molecule has 3 heteroatoms. The van der Waals surface area contributed by atoms with E-state index in [2.05, 4.69) is 24.1 Å². The molecule has 1 aliphatic rings. The SMILES string of the molecule is CC1CCCC(CNC(=O)c2ccc(C#CCN)cc2)C1. The van der Waals surface area contributed by atoms with Crippen molar-refractivity contribution in [2.24, 2.45) is 17.6 Å². The molecular weight excluding hydrogens is 260 g/mol. The minimum Gasteiger partial charge on any atom is -0.352 e. The number of nitrogens with one attached hydrogen (secondary N) is 1. The highest BCUT2D eigenvalue weighted by molar-refractivity contribution is 5.94. The number of rotatable bonds is 3. The van der Waals surface area contributed by atoms with E-state index < -0.39 is 0 Å². The maximum atomic E-state index is 12.1. The van der Waals surface area contributed by atoms with Gasteiger partial charge in [-0.15, -0.1) is 0 Å². The summed E-state index contributed by atoms with van der Waals surface area (Å²) in [5, 5.41) is 3.06. The Morgan fingerprint density at radius 1 is 1.33 bits per heavy atom. The van der Waals surface area contributed by atoms with E-state index >= 15 is 0 Å². The number of benzene rings is 1. The van der Waals surface area contributed by atoms with Crippen LogP contribution >= 0.6 is 0 Å². The van der Waals surface area contributed by atoms with Gasteiger partial charge in [-0.25, -0.2) is 0 Å². The van der Waals surface area contributed by atoms with Crippen molar-refractivity contribution in [2.45, 2.75) is 32.6 Å². The van der Waals surface area contributed by atoms with Gasteiger partial charge in [-0.2, -0.15) is 0 Å². The van der Waals surface area contributed by atoms with E-state index in [0.29, 0.717) is 18.0 Å². The maximum Gasteiger partial charge on any atom is 0.251 e. The molecule has 0 heterocycles. The van der Waals surface area contributed by atoms with Crippen molar-refractivity contribution in [1.29, 1.82) is 0 Å². The number of carbonyl (C=O) groups excluding carboxylic acids is 1. The van der Waals surface area contributed by atoms with Crippen molar-refractivity contribution in [2.75, 3.05) is 13.1 Å². The average Bonchev–Trinajstić information content (AvgIpc) is 2.51. The van der Waals surface area contributed by atoms with Crippen LogP contribution in [0.1, 0.15) is 48.5 Å². The molecule has 1 aromatic carbocycles. The van der Waals surface area contributed by atoms with E-state index in [-0.39, 0.29) is 5.91 Å². The zero-order valence-electron chi connectivity index (χ0n) is 12.7. The molecule has 1 aromatic rings. The molecule has 0 aromatic heterocycles. The van der Waals surface area contributed by atoms with Gasteiger partial charge in [0.25, 0.3) is 5.91 Å². The van der Waals surface area contributed by atoms with Crippen LogP contribution in [0.4, 0.5) is 0 Å². The molecule has 1 amide bonds. The highest BCUT2D eigenvalue weighted by atomic mass is 16.1. The van der Waals surface area contributed by atoms with Crippen LogP contribution in [0.15, 0.2) is 24.3 Å². The summed E-state index contributed by atoms with van der Waals surface area (Å²) in [5.74, 6) is 7.19. The fourth-order valence-corrected chi connectivity index (χ4v) is 2.94. The number of nitrogens with two attached hydrogens (primary N) is 1. The topological polar surface area (TPSA) is 55.1 Å². The Kier molecular flexibility index (Phi) is 5.83. The normalized spacial score (nSPS) is 21.2. The van der Waals surface area contributed by atoms with Gasteiger partial charge in [0.1, 0.15) is 0 Å². The average molecular weight is 284 g/mol. The molecular formula is C18H24N2O. The number of carbonyl (C=O) groups is 1. The van der Waals surface area contributed by atoms with Gasteiger partial charge in [0.05, 0.1) is 6.54 Å². The first kappa shape index (κ1) is 15.6. The second-order valence-electron chi connectivity index (χ2n) is 5.93. The minimum absolute atomic E-state index is 0.00607. The van der Waals surface area contributed by atoms with E-state index in [1.165, 1.54) is 25.7 Å². The molecule has 2 rings (SSSR count). The molecule has 2 atom stereocenters. The molecule has 0 spiro atoms. The van der Waals surface area contributed by atoms with Gasteiger partial charge in [-0.3, -0.25) is 4.79 Å². The fourth-order valence-electron chi connectivity index (χ4n) is 2.94. The Hall–Kier alpha value is -1.79. The molecule has 21 heavy (non-hydrogen) atoms. The third-order valence-electron chi connectivity index (χ3n) is 4.08. The predicted molar refractivity (Wildman–Crippen MR) is 85.8 cm³/mol. The lowest BCUT2D eigenvalue weighted by Gasteiger charge is -2.26. The Labute approximate surface area is 127 Å². The molecule has 0 saturated heterocycles. The van der Waals surface area contributed by atoms with Crippen molar-refractivity contribution < 1.29 is 4.79 Å². The van der Waals surface area contributed by atoms with Gasteiger partial charge < -0.3 is 11.1 Å². The Bertz CT molecular complexity index is 524. The molecule has 0 radical (unpaired) electrons. The van der Waals surface area contributed by atoms with Crippen LogP contribution in [0.5, 0.6) is 0 Å². The van der Waals surface area contributed by atoms with Crippen LogP contribution in [0.3, 0.4) is 0 Å². The smallest absolute Gasteiger partial charge is 0.251 e. The first-order chi connectivity index (χ1) is 10.2. The molecule has 1 fully saturated rings. The van der Waals surface area contributed by atoms with Crippen LogP contribution in [0, 0.1) is 23.7 Å². The highest BCUT2D eigenvalue weighted by Crippen LogP contribution is 2.27. The summed E-state index contributed by atoms with van der Waals surface area (Å²) in [6, 6.07) is 7.36. The predicted octanol–water partition coefficient (Wildman–Crippen LogP) is 2.55. The molecule has 112 valence electrons. The minimum atomic E-state index is 0.00607. The zero-order valence-corrected chi connectivity index (χ0v) is 12.7. The lowest BCUT2D eigenvalue weighted by Crippen LogP contribution is -2.31. The summed E-state index contributed by atoms with van der Waals surface area (Å²) < 4.78 is 0. The summed E-state index contributed by atoms with van der Waals surface area (Å²) in [6.07, 6.45) is 5.08. The van der Waals surface area contributed by atoms with Gasteiger partial charge in [0.15, 0.2) is 0 Å². The van der Waals surface area contributed by atoms with E-state index in [1.807, 2.05) is 24.3 Å². The van der Waals surface area contributed by atoms with Crippen molar-refractivity contribution in [3.05, 3.63) is 35.4 Å². The first-order valence-corrected chi connectivity index (χ1v) is 7.76. The second kappa shape index (κ2) is 7.85. The molecule has 0 bridgehead atoms. The highest BCUT2D eigenvalue weighted by Gasteiger charge is 2.19. The zero-order chi connectivity index (χ0) is 15.1. The number of hydrogen-bond donors (Lipinski definition) is 2. The fraction of sp³-hybridized carbons (Fsp3) is 0.500. The summed E-state index contributed by atoms with van der Waals surface area (Å²) in [6.45, 7) is 3.44. The monoisotopic (exact) mass is 284 g/mol. The van der Waals surface area contributed by atoms with Crippen molar-refractivity contribution >= 4 is 5.91 Å². The molecule has 3 nitrogen and oxygen atoms in total. The van der Waals surface area contributed by atoms with E-state index in [0.717, 1.165) is 18.0 Å². The maximum absolute atomic E-state index is 12.1. The van der Waals surface area contributed by atoms with Crippen LogP contribution in [-0.4, -0.2) is 19.0 Å². The van der Waals surface area contributed by atoms with Gasteiger partial charge in [-0.1, -0.05) is 31.6 Å². The van der Waals surface area contributed by atoms with Crippen molar-refractivity contribution in [3.8, 4) is 11.8 Å². The quantitative estimate of drug-likeness (QED) is 0.838. The van der Waals surface area contributed by atoms with Crippen molar-refractivity contribution in [3.63, 3.8) is 0 Å². The summed E-state index contributed by atoms with van der Waals surface area (Å²) in [7, 11) is 0. The van der Waals surface area contributed by atoms with Gasteiger partial charge in [0.2, 0.25) is 0 Å². The summed E-state index contributed by atoms with van der Waals surface area (Å²) >= 11 is 0. The lowest BCUT2D eigenvalue weighted by molar-refractivity contribution is 0.0940. The van der Waals surface area contributed by atoms with Gasteiger partial charge in [-0.05, 0) is 48.9 Å². The molecule has 1 saturated carbocycles. The standard InChI is InChI=1S/C18H24N2O/c1-14-4-2-5-16(12-14)13-20-18(21)17-9-7-15(8-10-17)6-3-11-19/h7-10,14,16H,2,4-5,11-13,19H2,1H3,(H,20,21). The van der Waals surface area contributed by atoms with E-state index in [4.69, 9.17) is 5.73 Å². The third-order valence-corrected chi connectivity index (χ3v) is 4.08. The Morgan fingerprint density at radius 2 is 2.10 bits per heavy atom. The lowest BCUT2D eigenvalue weighted by atomic mass is 9.82. The molecule has 3 N–H and O–H groups in total. The first-order valence-electron chi connectivity index (χ1n) is 7.76. The van der Waals surface area contributed by atoms with Gasteiger partial charge in [0, 0.05) is 17.7 Å². The van der Waals surface area contributed by atoms with Gasteiger partial charge >= 0.3 is 0 Å². The molecule has 2 unspecified atom stereocenters. The van der Waals surface area contributed by atoms with Crippen LogP contribution < -0.4 is 11.1 Å². The summed E-state index contributed by atoms with van der Waals surface area (Å²) in [4.78, 5) is 12.1. The molecule has 0 aliphatic heterocycles. The van der Waals surface area contributed by atoms with Crippen LogP contribution in [0.2, 0.25) is 0 Å². The Morgan fingerprint density at radius 3 is 2.76 bits per heavy atom. The van der Waals surface area contributed by atoms with Crippen molar-refractivity contribution in [1.82, 2.24) is 5.32 Å². The third kappa shape index (κ3) is 4.91. The van der Waals surface area contributed by atoms with E-state index in [1.54, 1.807) is 0 Å². The van der Waals surface area contributed by atoms with Crippen LogP contribution in [0.25, 0.3) is 0 Å². The largest absolute Gasteiger partial charge is 0.352 e. The summed E-state index contributed by atoms with van der Waals surface area (Å²) in [5.41, 5.74) is 6.92. The van der Waals surface area contributed by atoms with E-state index in [9.17, 15) is 4.79 Å².